The molecule has 1 aromatic carbocycles. The molecule has 0 fully saturated rings. The van der Waals surface area contributed by atoms with Crippen molar-refractivity contribution < 1.29 is 9.59 Å². The molecule has 0 heterocycles. The first kappa shape index (κ1) is 19.4. The molecule has 0 aliphatic heterocycles. The Labute approximate surface area is 145 Å². The van der Waals surface area contributed by atoms with Crippen LogP contribution < -0.4 is 10.6 Å². The predicted octanol–water partition coefficient (Wildman–Crippen LogP) is 2.60. The van der Waals surface area contributed by atoms with Gasteiger partial charge in [0.25, 0.3) is 5.91 Å². The first-order chi connectivity index (χ1) is 10.8. The van der Waals surface area contributed by atoms with E-state index in [0.717, 1.165) is 0 Å². The van der Waals surface area contributed by atoms with Crippen molar-refractivity contribution in [3.05, 3.63) is 35.9 Å². The Morgan fingerprint density at radius 1 is 1.22 bits per heavy atom. The molecule has 0 saturated carbocycles. The van der Waals surface area contributed by atoms with Crippen LogP contribution in [0.5, 0.6) is 0 Å². The van der Waals surface area contributed by atoms with Gasteiger partial charge in [-0.25, -0.2) is 0 Å². The molecule has 0 aliphatic rings. The third-order valence-corrected chi connectivity index (χ3v) is 6.23. The number of benzene rings is 1. The average molecular weight is 351 g/mol. The summed E-state index contributed by atoms with van der Waals surface area (Å²) in [6.07, 6.45) is 0. The summed E-state index contributed by atoms with van der Waals surface area (Å²) in [7, 11) is 2.98. The lowest BCUT2D eigenvalue weighted by Gasteiger charge is -2.21. The first-order valence-corrected chi connectivity index (χ1v) is 9.37. The van der Waals surface area contributed by atoms with Gasteiger partial charge < -0.3 is 10.6 Å². The normalized spacial score (nSPS) is 12.1. The third-order valence-electron chi connectivity index (χ3n) is 2.53. The average Bonchev–Trinajstić information content (AvgIpc) is 2.52. The summed E-state index contributed by atoms with van der Waals surface area (Å²) in [6, 6.07) is 10.7. The fraction of sp³-hybridized carbons (Fsp3) is 0.438. The molecule has 1 atom stereocenters. The van der Waals surface area contributed by atoms with E-state index in [1.54, 1.807) is 35.1 Å². The van der Waals surface area contributed by atoms with Gasteiger partial charge in [0.2, 0.25) is 5.91 Å². The van der Waals surface area contributed by atoms with Crippen molar-refractivity contribution in [3.63, 3.8) is 0 Å². The van der Waals surface area contributed by atoms with Crippen molar-refractivity contribution in [2.45, 2.75) is 30.8 Å². The number of nitriles is 1. The van der Waals surface area contributed by atoms with E-state index < -0.39 is 5.25 Å². The monoisotopic (exact) mass is 351 g/mol. The number of carbonyl (C=O) groups is 2. The van der Waals surface area contributed by atoms with E-state index in [1.807, 2.05) is 12.1 Å². The molecule has 1 rings (SSSR count). The van der Waals surface area contributed by atoms with Gasteiger partial charge in [0, 0.05) is 16.9 Å². The van der Waals surface area contributed by atoms with E-state index in [4.69, 9.17) is 5.26 Å². The van der Waals surface area contributed by atoms with Gasteiger partial charge in [0.05, 0.1) is 6.07 Å². The van der Waals surface area contributed by atoms with Gasteiger partial charge in [-0.3, -0.25) is 9.59 Å². The SMILES string of the molecule is CC(C)(C)SSC(CNC(=O)c1ccccc1)C(=O)NCC#N. The molecule has 2 amide bonds. The quantitative estimate of drug-likeness (QED) is 0.583. The minimum Gasteiger partial charge on any atom is -0.350 e. The topological polar surface area (TPSA) is 82.0 Å². The van der Waals surface area contributed by atoms with E-state index in [-0.39, 0.29) is 29.7 Å². The molecule has 23 heavy (non-hydrogen) atoms. The maximum Gasteiger partial charge on any atom is 0.251 e. The van der Waals surface area contributed by atoms with Crippen LogP contribution in [0, 0.1) is 11.3 Å². The Morgan fingerprint density at radius 2 is 1.87 bits per heavy atom. The second-order valence-corrected chi connectivity index (χ2v) is 8.96. The third kappa shape index (κ3) is 7.95. The number of carbonyl (C=O) groups excluding carboxylic acids is 2. The molecule has 0 bridgehead atoms. The molecule has 0 radical (unpaired) electrons. The summed E-state index contributed by atoms with van der Waals surface area (Å²) in [5.41, 5.74) is 0.553. The van der Waals surface area contributed by atoms with Crippen LogP contribution in [0.2, 0.25) is 0 Å². The van der Waals surface area contributed by atoms with Gasteiger partial charge in [-0.1, -0.05) is 60.6 Å². The van der Waals surface area contributed by atoms with Crippen LogP contribution in [0.1, 0.15) is 31.1 Å². The highest BCUT2D eigenvalue weighted by Crippen LogP contribution is 2.37. The Morgan fingerprint density at radius 3 is 2.43 bits per heavy atom. The minimum absolute atomic E-state index is 0.0120. The molecule has 124 valence electrons. The number of hydrogen-bond acceptors (Lipinski definition) is 5. The zero-order chi connectivity index (χ0) is 17.3. The van der Waals surface area contributed by atoms with E-state index in [1.165, 1.54) is 10.8 Å². The second-order valence-electron chi connectivity index (χ2n) is 5.73. The molecule has 0 spiro atoms. The highest BCUT2D eigenvalue weighted by molar-refractivity contribution is 8.77. The number of hydrogen-bond donors (Lipinski definition) is 2. The molecule has 2 N–H and O–H groups in total. The van der Waals surface area contributed by atoms with E-state index >= 15 is 0 Å². The van der Waals surface area contributed by atoms with Crippen molar-refractivity contribution in [2.24, 2.45) is 0 Å². The predicted molar refractivity (Wildman–Crippen MR) is 96.1 cm³/mol. The molecule has 0 aliphatic carbocycles. The summed E-state index contributed by atoms with van der Waals surface area (Å²) in [4.78, 5) is 24.2. The summed E-state index contributed by atoms with van der Waals surface area (Å²) >= 11 is 0. The van der Waals surface area contributed by atoms with Crippen LogP contribution in [-0.4, -0.2) is 34.9 Å². The van der Waals surface area contributed by atoms with Gasteiger partial charge in [-0.15, -0.1) is 0 Å². The number of rotatable bonds is 7. The summed E-state index contributed by atoms with van der Waals surface area (Å²) in [6.45, 7) is 6.33. The molecule has 0 aromatic heterocycles. The zero-order valence-corrected chi connectivity index (χ0v) is 15.1. The highest BCUT2D eigenvalue weighted by Gasteiger charge is 2.23. The lowest BCUT2D eigenvalue weighted by atomic mass is 10.2. The van der Waals surface area contributed by atoms with Gasteiger partial charge in [-0.05, 0) is 12.1 Å². The number of nitrogens with zero attached hydrogens (tertiary/aromatic N) is 1. The number of nitrogens with one attached hydrogen (secondary N) is 2. The van der Waals surface area contributed by atoms with Crippen molar-refractivity contribution in [1.29, 1.82) is 5.26 Å². The molecule has 1 unspecified atom stereocenters. The summed E-state index contributed by atoms with van der Waals surface area (Å²) in [5.74, 6) is -0.466. The summed E-state index contributed by atoms with van der Waals surface area (Å²) in [5, 5.41) is 13.4. The van der Waals surface area contributed by atoms with Crippen molar-refractivity contribution in [3.8, 4) is 6.07 Å². The minimum atomic E-state index is -0.458. The van der Waals surface area contributed by atoms with Crippen molar-refractivity contribution in [1.82, 2.24) is 10.6 Å². The van der Waals surface area contributed by atoms with E-state index in [0.29, 0.717) is 5.56 Å². The fourth-order valence-corrected chi connectivity index (χ4v) is 3.90. The van der Waals surface area contributed by atoms with Gasteiger partial charge in [0.1, 0.15) is 11.8 Å². The van der Waals surface area contributed by atoms with Crippen LogP contribution in [0.4, 0.5) is 0 Å². The molecule has 5 nitrogen and oxygen atoms in total. The van der Waals surface area contributed by atoms with E-state index in [9.17, 15) is 9.59 Å². The Hall–Kier alpha value is -1.65. The lowest BCUT2D eigenvalue weighted by Crippen LogP contribution is -2.41. The Balaban J connectivity index is 2.63. The number of amides is 2. The molecular weight excluding hydrogens is 330 g/mol. The Kier molecular flexibility index (Phi) is 8.00. The highest BCUT2D eigenvalue weighted by atomic mass is 33.1. The second kappa shape index (κ2) is 9.48. The van der Waals surface area contributed by atoms with Crippen LogP contribution in [-0.2, 0) is 4.79 Å². The zero-order valence-electron chi connectivity index (χ0n) is 13.5. The van der Waals surface area contributed by atoms with Crippen molar-refractivity contribution >= 4 is 33.4 Å². The Bertz CT molecular complexity index is 565. The van der Waals surface area contributed by atoms with Gasteiger partial charge in [0.15, 0.2) is 0 Å². The molecular formula is C16H21N3O2S2. The molecule has 0 saturated heterocycles. The van der Waals surface area contributed by atoms with Crippen LogP contribution in [0.25, 0.3) is 0 Å². The van der Waals surface area contributed by atoms with Gasteiger partial charge >= 0.3 is 0 Å². The van der Waals surface area contributed by atoms with E-state index in [2.05, 4.69) is 31.4 Å². The van der Waals surface area contributed by atoms with Crippen LogP contribution in [0.3, 0.4) is 0 Å². The van der Waals surface area contributed by atoms with Gasteiger partial charge in [-0.2, -0.15) is 5.26 Å². The maximum absolute atomic E-state index is 12.1. The lowest BCUT2D eigenvalue weighted by molar-refractivity contribution is -0.120. The smallest absolute Gasteiger partial charge is 0.251 e. The van der Waals surface area contributed by atoms with Crippen LogP contribution in [0.15, 0.2) is 30.3 Å². The molecule has 7 heteroatoms. The summed E-state index contributed by atoms with van der Waals surface area (Å²) < 4.78 is -0.0120. The fourth-order valence-electron chi connectivity index (χ4n) is 1.49. The molecule has 1 aromatic rings. The maximum atomic E-state index is 12.1. The van der Waals surface area contributed by atoms with Crippen molar-refractivity contribution in [2.75, 3.05) is 13.1 Å². The largest absolute Gasteiger partial charge is 0.350 e. The van der Waals surface area contributed by atoms with Crippen LogP contribution >= 0.6 is 21.6 Å². The standard InChI is InChI=1S/C16H21N3O2S2/c1-16(2,3)23-22-13(15(21)18-10-9-17)11-19-14(20)12-7-5-4-6-8-12/h4-8,13H,10-11H2,1-3H3,(H,18,21)(H,19,20). The first-order valence-electron chi connectivity index (χ1n) is 7.16.